The van der Waals surface area contributed by atoms with E-state index in [4.69, 9.17) is 20.0 Å². The van der Waals surface area contributed by atoms with E-state index in [1.54, 1.807) is 6.92 Å². The van der Waals surface area contributed by atoms with Crippen LogP contribution in [0.15, 0.2) is 11.5 Å². The van der Waals surface area contributed by atoms with E-state index in [1.807, 2.05) is 0 Å². The van der Waals surface area contributed by atoms with Crippen molar-refractivity contribution in [2.75, 3.05) is 0 Å². The van der Waals surface area contributed by atoms with Gasteiger partial charge in [-0.15, -0.1) is 0 Å². The number of aliphatic hydroxyl groups excluding tert-OH is 1. The molecule has 0 fully saturated rings. The molecule has 0 bridgehead atoms. The lowest BCUT2D eigenvalue weighted by atomic mass is 10.1. The Hall–Kier alpha value is -0.510. The average Bonchev–Trinajstić information content (AvgIpc) is 1.96. The fourth-order valence-electron chi connectivity index (χ4n) is 1.06. The van der Waals surface area contributed by atoms with Gasteiger partial charge in [-0.3, -0.25) is 4.57 Å². The van der Waals surface area contributed by atoms with Crippen molar-refractivity contribution in [3.05, 3.63) is 11.5 Å². The van der Waals surface area contributed by atoms with Crippen molar-refractivity contribution in [1.29, 1.82) is 0 Å². The summed E-state index contributed by atoms with van der Waals surface area (Å²) in [6.45, 7) is 3.07. The normalized spacial score (nSPS) is 13.8. The second-order valence-electron chi connectivity index (χ2n) is 2.90. The molecule has 1 atom stereocenters. The Labute approximate surface area is 76.9 Å². The molecule has 13 heavy (non-hydrogen) atoms. The molecule has 0 amide bonds. The van der Waals surface area contributed by atoms with Gasteiger partial charge in [0.1, 0.15) is 0 Å². The standard InChI is InChI=1S/C7H15O5P/c1-3-4-6(13(10,11)12)5(2)7(8)9/h6,8-9H,3-4H2,1-2H3,(H2,10,11,12). The van der Waals surface area contributed by atoms with Gasteiger partial charge < -0.3 is 20.0 Å². The van der Waals surface area contributed by atoms with Crippen LogP contribution in [0.2, 0.25) is 0 Å². The van der Waals surface area contributed by atoms with Crippen LogP contribution in [0.3, 0.4) is 0 Å². The summed E-state index contributed by atoms with van der Waals surface area (Å²) in [6.07, 6.45) is 0.807. The maximum atomic E-state index is 10.9. The lowest BCUT2D eigenvalue weighted by Gasteiger charge is -2.17. The third kappa shape index (κ3) is 3.81. The first-order valence-electron chi connectivity index (χ1n) is 3.94. The SMILES string of the molecule is CCCC(C(C)=C(O)O)P(=O)(O)O. The Balaban J connectivity index is 4.84. The van der Waals surface area contributed by atoms with Crippen molar-refractivity contribution in [2.45, 2.75) is 32.3 Å². The summed E-state index contributed by atoms with van der Waals surface area (Å²) < 4.78 is 10.9. The summed E-state index contributed by atoms with van der Waals surface area (Å²) >= 11 is 0. The molecule has 1 unspecified atom stereocenters. The highest BCUT2D eigenvalue weighted by Gasteiger charge is 2.31. The minimum absolute atomic E-state index is 0.0600. The number of hydrogen-bond donors (Lipinski definition) is 4. The predicted octanol–water partition coefficient (Wildman–Crippen LogP) is 1.68. The molecule has 0 heterocycles. The molecule has 0 aromatic carbocycles. The summed E-state index contributed by atoms with van der Waals surface area (Å²) in [7, 11) is -4.28. The zero-order chi connectivity index (χ0) is 10.6. The Bertz CT molecular complexity index is 237. The maximum Gasteiger partial charge on any atom is 0.332 e. The van der Waals surface area contributed by atoms with Gasteiger partial charge in [-0.25, -0.2) is 0 Å². The predicted molar refractivity (Wildman–Crippen MR) is 48.7 cm³/mol. The molecule has 0 aliphatic rings. The maximum absolute atomic E-state index is 10.9. The summed E-state index contributed by atoms with van der Waals surface area (Å²) in [4.78, 5) is 17.8. The second kappa shape index (κ2) is 4.65. The highest BCUT2D eigenvalue weighted by atomic mass is 31.2. The summed E-state index contributed by atoms with van der Waals surface area (Å²) in [5.74, 6) is -0.998. The van der Waals surface area contributed by atoms with Crippen LogP contribution in [0.1, 0.15) is 26.7 Å². The number of allylic oxidation sites excluding steroid dienone is 1. The van der Waals surface area contributed by atoms with Crippen molar-refractivity contribution < 1.29 is 24.6 Å². The van der Waals surface area contributed by atoms with E-state index in [-0.39, 0.29) is 12.0 Å². The monoisotopic (exact) mass is 210 g/mol. The first-order chi connectivity index (χ1) is 5.80. The van der Waals surface area contributed by atoms with Crippen LogP contribution in [0.5, 0.6) is 0 Å². The Kier molecular flexibility index (Phi) is 4.47. The van der Waals surface area contributed by atoms with Crippen molar-refractivity contribution in [3.63, 3.8) is 0 Å². The van der Waals surface area contributed by atoms with Crippen molar-refractivity contribution in [3.8, 4) is 0 Å². The van der Waals surface area contributed by atoms with Gasteiger partial charge in [-0.2, -0.15) is 0 Å². The molecule has 0 aromatic rings. The molecule has 0 saturated carbocycles. The number of aliphatic hydroxyl groups is 2. The lowest BCUT2D eigenvalue weighted by molar-refractivity contribution is 0.182. The van der Waals surface area contributed by atoms with Gasteiger partial charge >= 0.3 is 7.60 Å². The van der Waals surface area contributed by atoms with Gasteiger partial charge in [0.2, 0.25) is 0 Å². The van der Waals surface area contributed by atoms with Crippen LogP contribution in [0.4, 0.5) is 0 Å². The molecule has 4 N–H and O–H groups in total. The molecule has 0 rings (SSSR count). The third-order valence-electron chi connectivity index (χ3n) is 1.82. The van der Waals surface area contributed by atoms with Crippen LogP contribution in [-0.2, 0) is 4.57 Å². The van der Waals surface area contributed by atoms with E-state index in [2.05, 4.69) is 0 Å². The first-order valence-corrected chi connectivity index (χ1v) is 5.62. The fraction of sp³-hybridized carbons (Fsp3) is 0.714. The van der Waals surface area contributed by atoms with Crippen LogP contribution < -0.4 is 0 Å². The first kappa shape index (κ1) is 12.5. The molecule has 0 aliphatic heterocycles. The topological polar surface area (TPSA) is 98.0 Å². The Morgan fingerprint density at radius 2 is 1.85 bits per heavy atom. The van der Waals surface area contributed by atoms with E-state index in [0.717, 1.165) is 0 Å². The molecule has 0 radical (unpaired) electrons. The van der Waals surface area contributed by atoms with Crippen molar-refractivity contribution >= 4 is 7.60 Å². The smallest absolute Gasteiger partial charge is 0.332 e. The molecule has 0 aliphatic carbocycles. The summed E-state index contributed by atoms with van der Waals surface area (Å²) in [6, 6.07) is 0. The largest absolute Gasteiger partial charge is 0.481 e. The van der Waals surface area contributed by atoms with E-state index < -0.39 is 19.2 Å². The van der Waals surface area contributed by atoms with Crippen molar-refractivity contribution in [2.24, 2.45) is 0 Å². The van der Waals surface area contributed by atoms with Crippen LogP contribution >= 0.6 is 7.60 Å². The summed E-state index contributed by atoms with van der Waals surface area (Å²) in [5.41, 5.74) is -1.14. The third-order valence-corrected chi connectivity index (χ3v) is 3.28. The molecular weight excluding hydrogens is 195 g/mol. The van der Waals surface area contributed by atoms with E-state index in [0.29, 0.717) is 6.42 Å². The number of hydrogen-bond acceptors (Lipinski definition) is 3. The highest BCUT2D eigenvalue weighted by molar-refractivity contribution is 7.52. The minimum atomic E-state index is -4.28. The molecular formula is C7H15O5P. The zero-order valence-electron chi connectivity index (χ0n) is 7.64. The van der Waals surface area contributed by atoms with E-state index in [1.165, 1.54) is 6.92 Å². The minimum Gasteiger partial charge on any atom is -0.481 e. The summed E-state index contributed by atoms with van der Waals surface area (Å²) in [5, 5.41) is 17.3. The van der Waals surface area contributed by atoms with E-state index >= 15 is 0 Å². The molecule has 78 valence electrons. The lowest BCUT2D eigenvalue weighted by Crippen LogP contribution is -2.11. The van der Waals surface area contributed by atoms with Gasteiger partial charge in [0.05, 0.1) is 5.66 Å². The van der Waals surface area contributed by atoms with Gasteiger partial charge in [0, 0.05) is 5.57 Å². The van der Waals surface area contributed by atoms with Crippen molar-refractivity contribution in [1.82, 2.24) is 0 Å². The van der Waals surface area contributed by atoms with Crippen LogP contribution in [0, 0.1) is 0 Å². The van der Waals surface area contributed by atoms with Gasteiger partial charge in [-0.05, 0) is 13.3 Å². The Morgan fingerprint density at radius 1 is 1.38 bits per heavy atom. The van der Waals surface area contributed by atoms with Crippen LogP contribution in [-0.4, -0.2) is 25.7 Å². The molecule has 0 aromatic heterocycles. The second-order valence-corrected chi connectivity index (χ2v) is 4.70. The molecule has 0 spiro atoms. The molecule has 6 heteroatoms. The molecule has 5 nitrogen and oxygen atoms in total. The van der Waals surface area contributed by atoms with Gasteiger partial charge in [-0.1, -0.05) is 13.3 Å². The van der Waals surface area contributed by atoms with Gasteiger partial charge in [0.25, 0.3) is 5.95 Å². The fourth-order valence-corrected chi connectivity index (χ4v) is 2.27. The molecule has 0 saturated heterocycles. The quantitative estimate of drug-likeness (QED) is 0.418. The average molecular weight is 210 g/mol. The van der Waals surface area contributed by atoms with Gasteiger partial charge in [0.15, 0.2) is 0 Å². The highest BCUT2D eigenvalue weighted by Crippen LogP contribution is 2.47. The zero-order valence-corrected chi connectivity index (χ0v) is 8.53. The van der Waals surface area contributed by atoms with E-state index in [9.17, 15) is 4.57 Å². The van der Waals surface area contributed by atoms with Crippen LogP contribution in [0.25, 0.3) is 0 Å². The number of rotatable bonds is 4. The Morgan fingerprint density at radius 3 is 2.08 bits per heavy atom.